The number of carbonyl (C=O) groups excluding carboxylic acids is 2. The summed E-state index contributed by atoms with van der Waals surface area (Å²) in [6, 6.07) is 0. The molecule has 1 aliphatic heterocycles. The van der Waals surface area contributed by atoms with Gasteiger partial charge in [-0.1, -0.05) is 115 Å². The van der Waals surface area contributed by atoms with Crippen LogP contribution in [-0.2, 0) is 28.5 Å². The summed E-state index contributed by atoms with van der Waals surface area (Å²) in [5.41, 5.74) is 0. The summed E-state index contributed by atoms with van der Waals surface area (Å²) in [5, 5.41) is 39.9. The standard InChI is InChI=1S/C41H72O10/c1-3-5-7-9-11-13-15-16-17-18-20-22-24-26-28-30-37(44)50-34(33-49-41-40(47)39(46)38(45)35(31-42)51-41)32-48-36(43)29-27-25-23-21-19-14-12-10-8-6-4-2/h10-13,16-17,34-35,38-42,45-47H,3-9,14-15,18-33H2,1-2H3/b12-10-,13-11-,17-16-. The van der Waals surface area contributed by atoms with E-state index in [2.05, 4.69) is 50.3 Å². The molecule has 296 valence electrons. The molecule has 10 nitrogen and oxygen atoms in total. The second-order valence-corrected chi connectivity index (χ2v) is 13.7. The van der Waals surface area contributed by atoms with Crippen LogP contribution in [0.3, 0.4) is 0 Å². The fourth-order valence-corrected chi connectivity index (χ4v) is 5.73. The van der Waals surface area contributed by atoms with Crippen LogP contribution in [-0.4, -0.2) is 89.0 Å². The number of aliphatic hydroxyl groups excluding tert-OH is 4. The predicted octanol–water partition coefficient (Wildman–Crippen LogP) is 7.55. The number of rotatable bonds is 32. The summed E-state index contributed by atoms with van der Waals surface area (Å²) in [7, 11) is 0. The molecule has 0 saturated carbocycles. The average Bonchev–Trinajstić information content (AvgIpc) is 3.13. The van der Waals surface area contributed by atoms with Crippen LogP contribution in [0.1, 0.15) is 155 Å². The molecule has 1 heterocycles. The molecule has 0 amide bonds. The first kappa shape index (κ1) is 46.9. The van der Waals surface area contributed by atoms with Crippen LogP contribution in [0.25, 0.3) is 0 Å². The number of unbranched alkanes of at least 4 members (excludes halogenated alkanes) is 15. The third kappa shape index (κ3) is 24.7. The molecule has 0 aromatic carbocycles. The number of ether oxygens (including phenoxy) is 4. The summed E-state index contributed by atoms with van der Waals surface area (Å²) in [4.78, 5) is 25.2. The first-order valence-electron chi connectivity index (χ1n) is 20.1. The van der Waals surface area contributed by atoms with E-state index < -0.39 is 55.4 Å². The third-order valence-electron chi connectivity index (χ3n) is 9.00. The highest BCUT2D eigenvalue weighted by molar-refractivity contribution is 5.70. The highest BCUT2D eigenvalue weighted by Crippen LogP contribution is 2.22. The lowest BCUT2D eigenvalue weighted by atomic mass is 9.99. The van der Waals surface area contributed by atoms with Crippen molar-refractivity contribution in [2.75, 3.05) is 19.8 Å². The number of hydrogen-bond donors (Lipinski definition) is 4. The van der Waals surface area contributed by atoms with Crippen molar-refractivity contribution in [2.45, 2.75) is 192 Å². The Hall–Kier alpha value is -2.08. The molecule has 51 heavy (non-hydrogen) atoms. The normalized spacial score (nSPS) is 21.6. The molecule has 0 aliphatic carbocycles. The van der Waals surface area contributed by atoms with Crippen LogP contribution in [0, 0.1) is 0 Å². The Kier molecular flexibility index (Phi) is 30.0. The van der Waals surface area contributed by atoms with Crippen molar-refractivity contribution >= 4 is 11.9 Å². The Bertz CT molecular complexity index is 933. The summed E-state index contributed by atoms with van der Waals surface area (Å²) in [6.07, 6.45) is 27.2. The third-order valence-corrected chi connectivity index (χ3v) is 9.00. The number of carbonyl (C=O) groups is 2. The zero-order valence-corrected chi connectivity index (χ0v) is 31.8. The van der Waals surface area contributed by atoms with Gasteiger partial charge in [-0.2, -0.15) is 0 Å². The lowest BCUT2D eigenvalue weighted by molar-refractivity contribution is -0.305. The van der Waals surface area contributed by atoms with Gasteiger partial charge >= 0.3 is 11.9 Å². The minimum Gasteiger partial charge on any atom is -0.462 e. The number of aliphatic hydroxyl groups is 4. The van der Waals surface area contributed by atoms with Gasteiger partial charge in [0.05, 0.1) is 13.2 Å². The molecule has 4 N–H and O–H groups in total. The highest BCUT2D eigenvalue weighted by Gasteiger charge is 2.44. The van der Waals surface area contributed by atoms with Crippen LogP contribution < -0.4 is 0 Å². The van der Waals surface area contributed by atoms with Gasteiger partial charge in [0.15, 0.2) is 12.4 Å². The molecule has 1 fully saturated rings. The predicted molar refractivity (Wildman–Crippen MR) is 201 cm³/mol. The zero-order chi connectivity index (χ0) is 37.4. The van der Waals surface area contributed by atoms with E-state index in [-0.39, 0.29) is 26.1 Å². The SMILES string of the molecule is CCCC/C=C\CCCCCCCC(=O)OCC(COC1OC(CO)C(O)C(O)C1O)OC(=O)CCCCCCC/C=C\C/C=C\CCCCC. The van der Waals surface area contributed by atoms with Crippen molar-refractivity contribution in [3.8, 4) is 0 Å². The van der Waals surface area contributed by atoms with Gasteiger partial charge in [0.25, 0.3) is 0 Å². The molecular weight excluding hydrogens is 652 g/mol. The molecule has 0 spiro atoms. The van der Waals surface area contributed by atoms with E-state index in [1.54, 1.807) is 0 Å². The van der Waals surface area contributed by atoms with Gasteiger partial charge < -0.3 is 39.4 Å². The van der Waals surface area contributed by atoms with Crippen molar-refractivity contribution in [1.82, 2.24) is 0 Å². The summed E-state index contributed by atoms with van der Waals surface area (Å²) in [5.74, 6) is -0.837. The first-order chi connectivity index (χ1) is 24.8. The topological polar surface area (TPSA) is 152 Å². The number of esters is 2. The van der Waals surface area contributed by atoms with E-state index in [0.29, 0.717) is 12.8 Å². The lowest BCUT2D eigenvalue weighted by Crippen LogP contribution is -2.59. The molecule has 6 atom stereocenters. The zero-order valence-electron chi connectivity index (χ0n) is 31.8. The Morgan fingerprint density at radius 2 is 1.12 bits per heavy atom. The fourth-order valence-electron chi connectivity index (χ4n) is 5.73. The van der Waals surface area contributed by atoms with Gasteiger partial charge in [0.2, 0.25) is 0 Å². The first-order valence-corrected chi connectivity index (χ1v) is 20.1. The van der Waals surface area contributed by atoms with Crippen LogP contribution >= 0.6 is 0 Å². The lowest BCUT2D eigenvalue weighted by Gasteiger charge is -2.39. The Balaban J connectivity index is 2.40. The maximum Gasteiger partial charge on any atom is 0.306 e. The molecule has 0 aromatic heterocycles. The van der Waals surface area contributed by atoms with Gasteiger partial charge in [0, 0.05) is 12.8 Å². The number of allylic oxidation sites excluding steroid dienone is 6. The molecule has 10 heteroatoms. The van der Waals surface area contributed by atoms with E-state index in [1.165, 1.54) is 32.1 Å². The van der Waals surface area contributed by atoms with E-state index in [9.17, 15) is 30.0 Å². The van der Waals surface area contributed by atoms with Crippen LogP contribution in [0.4, 0.5) is 0 Å². The monoisotopic (exact) mass is 725 g/mol. The van der Waals surface area contributed by atoms with Crippen molar-refractivity contribution in [1.29, 1.82) is 0 Å². The van der Waals surface area contributed by atoms with Crippen LogP contribution in [0.15, 0.2) is 36.5 Å². The maximum absolute atomic E-state index is 12.7. The van der Waals surface area contributed by atoms with E-state index in [1.807, 2.05) is 0 Å². The van der Waals surface area contributed by atoms with Crippen molar-refractivity contribution in [3.05, 3.63) is 36.5 Å². The molecule has 0 radical (unpaired) electrons. The quantitative estimate of drug-likeness (QED) is 0.0311. The largest absolute Gasteiger partial charge is 0.462 e. The Morgan fingerprint density at radius 1 is 0.608 bits per heavy atom. The molecule has 6 unspecified atom stereocenters. The van der Waals surface area contributed by atoms with Gasteiger partial charge in [0.1, 0.15) is 31.0 Å². The molecule has 0 aromatic rings. The van der Waals surface area contributed by atoms with Gasteiger partial charge in [-0.25, -0.2) is 0 Å². The van der Waals surface area contributed by atoms with Crippen LogP contribution in [0.2, 0.25) is 0 Å². The maximum atomic E-state index is 12.7. The average molecular weight is 725 g/mol. The van der Waals surface area contributed by atoms with Crippen molar-refractivity contribution in [2.24, 2.45) is 0 Å². The Labute approximate surface area is 308 Å². The van der Waals surface area contributed by atoms with Crippen molar-refractivity contribution in [3.63, 3.8) is 0 Å². The second kappa shape index (κ2) is 32.6. The van der Waals surface area contributed by atoms with Gasteiger partial charge in [-0.15, -0.1) is 0 Å². The molecule has 1 saturated heterocycles. The highest BCUT2D eigenvalue weighted by atomic mass is 16.7. The van der Waals surface area contributed by atoms with E-state index >= 15 is 0 Å². The second-order valence-electron chi connectivity index (χ2n) is 13.7. The summed E-state index contributed by atoms with van der Waals surface area (Å²) in [6.45, 7) is 3.31. The summed E-state index contributed by atoms with van der Waals surface area (Å²) >= 11 is 0. The molecule has 1 aliphatic rings. The van der Waals surface area contributed by atoms with E-state index in [4.69, 9.17) is 18.9 Å². The fraction of sp³-hybridized carbons (Fsp3) is 0.805. The van der Waals surface area contributed by atoms with Gasteiger partial charge in [-0.05, 0) is 64.2 Å². The Morgan fingerprint density at radius 3 is 1.71 bits per heavy atom. The summed E-state index contributed by atoms with van der Waals surface area (Å²) < 4.78 is 22.0. The molecule has 0 bridgehead atoms. The smallest absolute Gasteiger partial charge is 0.306 e. The van der Waals surface area contributed by atoms with Gasteiger partial charge in [-0.3, -0.25) is 9.59 Å². The number of hydrogen-bond acceptors (Lipinski definition) is 10. The van der Waals surface area contributed by atoms with Crippen molar-refractivity contribution < 1.29 is 49.0 Å². The van der Waals surface area contributed by atoms with Crippen LogP contribution in [0.5, 0.6) is 0 Å². The minimum absolute atomic E-state index is 0.212. The van der Waals surface area contributed by atoms with E-state index in [0.717, 1.165) is 83.5 Å². The molecule has 1 rings (SSSR count). The minimum atomic E-state index is -1.60. The molecular formula is C41H72O10.